The lowest BCUT2D eigenvalue weighted by molar-refractivity contribution is 0.122. The van der Waals surface area contributed by atoms with E-state index in [2.05, 4.69) is 20.3 Å². The van der Waals surface area contributed by atoms with E-state index in [-0.39, 0.29) is 17.9 Å². The van der Waals surface area contributed by atoms with Crippen LogP contribution in [-0.2, 0) is 11.3 Å². The van der Waals surface area contributed by atoms with Crippen molar-refractivity contribution in [2.45, 2.75) is 6.54 Å². The van der Waals surface area contributed by atoms with Crippen molar-refractivity contribution in [1.82, 2.24) is 24.9 Å². The Morgan fingerprint density at radius 2 is 1.86 bits per heavy atom. The monoisotopic (exact) mass is 479 g/mol. The summed E-state index contributed by atoms with van der Waals surface area (Å²) in [5, 5.41) is 3.23. The zero-order valence-corrected chi connectivity index (χ0v) is 18.4. The predicted octanol–water partition coefficient (Wildman–Crippen LogP) is 4.37. The smallest absolute Gasteiger partial charge is 0.228 e. The van der Waals surface area contributed by atoms with Crippen LogP contribution in [0.1, 0.15) is 5.82 Å². The number of H-pyrrole nitrogens is 2. The number of benzene rings is 2. The Balaban J connectivity index is 1.40. The van der Waals surface area contributed by atoms with E-state index in [1.807, 2.05) is 11.0 Å². The van der Waals surface area contributed by atoms with E-state index in [9.17, 15) is 13.2 Å². The Hall–Kier alpha value is -4.12. The van der Waals surface area contributed by atoms with Gasteiger partial charge in [0.05, 0.1) is 25.3 Å². The molecule has 0 saturated carbocycles. The van der Waals surface area contributed by atoms with Crippen LogP contribution in [0.15, 0.2) is 42.6 Å². The number of morpholine rings is 1. The van der Waals surface area contributed by atoms with Gasteiger partial charge in [-0.25, -0.2) is 23.1 Å². The maximum Gasteiger partial charge on any atom is 0.228 e. The molecule has 0 aliphatic carbocycles. The van der Waals surface area contributed by atoms with Gasteiger partial charge in [0.1, 0.15) is 28.2 Å². The van der Waals surface area contributed by atoms with Crippen LogP contribution in [0.3, 0.4) is 0 Å². The number of fused-ring (bicyclic) bond motifs is 2. The molecule has 1 saturated heterocycles. The molecular weight excluding hydrogens is 459 g/mol. The number of hydrogen-bond acceptors (Lipinski definition) is 6. The molecule has 2 aromatic carbocycles. The van der Waals surface area contributed by atoms with E-state index in [1.165, 1.54) is 18.2 Å². The maximum atomic E-state index is 14.1. The van der Waals surface area contributed by atoms with Gasteiger partial charge in [-0.15, -0.1) is 0 Å². The molecule has 4 heterocycles. The van der Waals surface area contributed by atoms with Gasteiger partial charge >= 0.3 is 0 Å². The molecule has 1 fully saturated rings. The fraction of sp³-hybridized carbons (Fsp3) is 0.208. The fourth-order valence-electron chi connectivity index (χ4n) is 4.22. The summed E-state index contributed by atoms with van der Waals surface area (Å²) in [6.45, 7) is 2.58. The summed E-state index contributed by atoms with van der Waals surface area (Å²) in [5.74, 6) is -0.850. The third kappa shape index (κ3) is 3.93. The summed E-state index contributed by atoms with van der Waals surface area (Å²) >= 11 is 0. The number of imidazole rings is 1. The molecule has 8 nitrogen and oxygen atoms in total. The topological polar surface area (TPSA) is 94.8 Å². The van der Waals surface area contributed by atoms with Gasteiger partial charge in [0.2, 0.25) is 5.95 Å². The molecular formula is C24H20F3N7O. The molecule has 0 amide bonds. The second-order valence-corrected chi connectivity index (χ2v) is 8.20. The molecule has 6 rings (SSSR count). The minimum Gasteiger partial charge on any atom is -0.378 e. The van der Waals surface area contributed by atoms with Crippen molar-refractivity contribution >= 4 is 33.8 Å². The second-order valence-electron chi connectivity index (χ2n) is 8.20. The van der Waals surface area contributed by atoms with Crippen molar-refractivity contribution in [1.29, 1.82) is 0 Å². The van der Waals surface area contributed by atoms with Gasteiger partial charge in [-0.05, 0) is 29.8 Å². The molecule has 0 bridgehead atoms. The predicted molar refractivity (Wildman–Crippen MR) is 126 cm³/mol. The third-order valence-corrected chi connectivity index (χ3v) is 5.96. The molecule has 0 spiro atoms. The SMILES string of the molecule is Fc1cccc(-c2c[nH]c3c(NCc4nc5c(F)c(F)ccc5[nH]4)nc(N4CCOCC4)nc23)c1. The third-order valence-electron chi connectivity index (χ3n) is 5.96. The summed E-state index contributed by atoms with van der Waals surface area (Å²) < 4.78 is 47.0. The van der Waals surface area contributed by atoms with Crippen molar-refractivity contribution in [2.24, 2.45) is 0 Å². The molecule has 3 N–H and O–H groups in total. The van der Waals surface area contributed by atoms with Crippen LogP contribution in [-0.4, -0.2) is 51.2 Å². The first-order chi connectivity index (χ1) is 17.1. The standard InChI is InChI=1S/C24H20F3N7O/c25-14-3-1-2-13(10-14)15-11-28-22-20(15)32-24(34-6-8-35-9-7-34)33-23(22)29-12-18-30-17-5-4-16(26)19(27)21(17)31-18/h1-5,10-11,28H,6-9,12H2,(H,30,31)(H,29,32,33). The first-order valence-electron chi connectivity index (χ1n) is 11.1. The number of hydrogen-bond donors (Lipinski definition) is 3. The molecule has 178 valence electrons. The number of aromatic amines is 2. The van der Waals surface area contributed by atoms with Gasteiger partial charge in [0.25, 0.3) is 0 Å². The highest BCUT2D eigenvalue weighted by Crippen LogP contribution is 2.32. The molecule has 1 aliphatic rings. The summed E-state index contributed by atoms with van der Waals surface area (Å²) in [7, 11) is 0. The number of nitrogens with one attached hydrogen (secondary N) is 3. The van der Waals surface area contributed by atoms with Gasteiger partial charge in [-0.3, -0.25) is 0 Å². The van der Waals surface area contributed by atoms with Gasteiger partial charge in [0, 0.05) is 24.8 Å². The molecule has 1 aliphatic heterocycles. The lowest BCUT2D eigenvalue weighted by Crippen LogP contribution is -2.37. The second kappa shape index (κ2) is 8.58. The molecule has 11 heteroatoms. The van der Waals surface area contributed by atoms with E-state index in [0.29, 0.717) is 66.0 Å². The lowest BCUT2D eigenvalue weighted by atomic mass is 10.1. The van der Waals surface area contributed by atoms with Crippen molar-refractivity contribution in [3.63, 3.8) is 0 Å². The van der Waals surface area contributed by atoms with Crippen LogP contribution in [0.4, 0.5) is 24.9 Å². The molecule has 0 radical (unpaired) electrons. The summed E-state index contributed by atoms with van der Waals surface area (Å²) in [5.41, 5.74) is 3.03. The van der Waals surface area contributed by atoms with E-state index in [4.69, 9.17) is 14.7 Å². The zero-order valence-electron chi connectivity index (χ0n) is 18.4. The lowest BCUT2D eigenvalue weighted by Gasteiger charge is -2.27. The highest BCUT2D eigenvalue weighted by atomic mass is 19.2. The zero-order chi connectivity index (χ0) is 23.9. The molecule has 0 unspecified atom stereocenters. The quantitative estimate of drug-likeness (QED) is 0.347. The first kappa shape index (κ1) is 21.4. The van der Waals surface area contributed by atoms with Crippen LogP contribution in [0.2, 0.25) is 0 Å². The highest BCUT2D eigenvalue weighted by Gasteiger charge is 2.20. The van der Waals surface area contributed by atoms with Crippen molar-refractivity contribution in [3.8, 4) is 11.1 Å². The van der Waals surface area contributed by atoms with Crippen LogP contribution < -0.4 is 10.2 Å². The van der Waals surface area contributed by atoms with E-state index in [1.54, 1.807) is 12.3 Å². The summed E-state index contributed by atoms with van der Waals surface area (Å²) in [6.07, 6.45) is 1.77. The van der Waals surface area contributed by atoms with Crippen LogP contribution >= 0.6 is 0 Å². The van der Waals surface area contributed by atoms with Crippen LogP contribution in [0.25, 0.3) is 33.2 Å². The van der Waals surface area contributed by atoms with E-state index >= 15 is 0 Å². The van der Waals surface area contributed by atoms with Crippen molar-refractivity contribution in [2.75, 3.05) is 36.5 Å². The molecule has 35 heavy (non-hydrogen) atoms. The van der Waals surface area contributed by atoms with Gasteiger partial charge < -0.3 is 24.9 Å². The van der Waals surface area contributed by atoms with Crippen LogP contribution in [0, 0.1) is 17.5 Å². The minimum atomic E-state index is -0.992. The van der Waals surface area contributed by atoms with Gasteiger partial charge in [0.15, 0.2) is 17.5 Å². The number of aromatic nitrogens is 5. The minimum absolute atomic E-state index is 0.0584. The van der Waals surface area contributed by atoms with Crippen LogP contribution in [0.5, 0.6) is 0 Å². The average molecular weight is 479 g/mol. The number of halogens is 3. The summed E-state index contributed by atoms with van der Waals surface area (Å²) in [4.78, 5) is 21.9. The Bertz CT molecular complexity index is 1540. The van der Waals surface area contributed by atoms with Gasteiger partial charge in [-0.1, -0.05) is 12.1 Å². The Morgan fingerprint density at radius 1 is 1.00 bits per heavy atom. The first-order valence-corrected chi connectivity index (χ1v) is 11.1. The molecule has 0 atom stereocenters. The fourth-order valence-corrected chi connectivity index (χ4v) is 4.22. The molecule has 3 aromatic heterocycles. The van der Waals surface area contributed by atoms with Crippen molar-refractivity contribution < 1.29 is 17.9 Å². The number of nitrogens with zero attached hydrogens (tertiary/aromatic N) is 4. The van der Waals surface area contributed by atoms with E-state index < -0.39 is 11.6 Å². The summed E-state index contributed by atoms with van der Waals surface area (Å²) in [6, 6.07) is 8.81. The largest absolute Gasteiger partial charge is 0.378 e. The Morgan fingerprint density at radius 3 is 2.69 bits per heavy atom. The van der Waals surface area contributed by atoms with Crippen molar-refractivity contribution in [3.05, 3.63) is 65.9 Å². The Labute approximate surface area is 197 Å². The Kier molecular flexibility index (Phi) is 5.25. The highest BCUT2D eigenvalue weighted by molar-refractivity contribution is 5.98. The number of rotatable bonds is 5. The average Bonchev–Trinajstić information content (AvgIpc) is 3.50. The van der Waals surface area contributed by atoms with Gasteiger partial charge in [-0.2, -0.15) is 4.98 Å². The number of ether oxygens (including phenoxy) is 1. The number of anilines is 2. The van der Waals surface area contributed by atoms with E-state index in [0.717, 1.165) is 11.6 Å². The normalized spacial score (nSPS) is 14.2. The molecule has 5 aromatic rings. The maximum absolute atomic E-state index is 14.1.